The van der Waals surface area contributed by atoms with Gasteiger partial charge >= 0.3 is 0 Å². The number of fused-ring (bicyclic) bond motifs is 1. The summed E-state index contributed by atoms with van der Waals surface area (Å²) >= 11 is 0. The Morgan fingerprint density at radius 3 is 2.48 bits per heavy atom. The molecule has 1 atom stereocenters. The molecule has 2 aromatic rings. The van der Waals surface area contributed by atoms with E-state index in [-0.39, 0.29) is 12.1 Å². The number of rotatable bonds is 3. The van der Waals surface area contributed by atoms with E-state index < -0.39 is 0 Å². The van der Waals surface area contributed by atoms with Crippen molar-refractivity contribution in [2.24, 2.45) is 5.73 Å². The largest absolute Gasteiger partial charge is 0.490 e. The molecule has 132 valence electrons. The van der Waals surface area contributed by atoms with Crippen molar-refractivity contribution < 1.29 is 9.47 Å². The lowest BCUT2D eigenvalue weighted by Crippen LogP contribution is -2.25. The number of aryl methyl sites for hydroxylation is 2. The van der Waals surface area contributed by atoms with Gasteiger partial charge in [0.05, 0.1) is 13.2 Å². The van der Waals surface area contributed by atoms with Crippen LogP contribution in [0.2, 0.25) is 0 Å². The maximum absolute atomic E-state index is 6.27. The lowest BCUT2D eigenvalue weighted by atomic mass is 9.90. The summed E-state index contributed by atoms with van der Waals surface area (Å²) in [5, 5.41) is 0. The first-order valence-corrected chi connectivity index (χ1v) is 9.37. The molecule has 1 aliphatic carbocycles. The molecule has 0 spiro atoms. The van der Waals surface area contributed by atoms with E-state index in [1.165, 1.54) is 33.4 Å². The number of benzene rings is 2. The van der Waals surface area contributed by atoms with Crippen molar-refractivity contribution in [1.82, 2.24) is 0 Å². The van der Waals surface area contributed by atoms with E-state index >= 15 is 0 Å². The molecule has 1 aliphatic heterocycles. The lowest BCUT2D eigenvalue weighted by molar-refractivity contribution is 0.0255. The Morgan fingerprint density at radius 2 is 1.76 bits per heavy atom. The van der Waals surface area contributed by atoms with Crippen molar-refractivity contribution in [1.29, 1.82) is 0 Å². The van der Waals surface area contributed by atoms with Gasteiger partial charge in [0.25, 0.3) is 0 Å². The van der Waals surface area contributed by atoms with Crippen LogP contribution in [0.4, 0.5) is 0 Å². The molecular formula is C22H27NO2. The average Bonchev–Trinajstić information content (AvgIpc) is 2.97. The third-order valence-corrected chi connectivity index (χ3v) is 5.56. The van der Waals surface area contributed by atoms with E-state index in [0.29, 0.717) is 0 Å². The van der Waals surface area contributed by atoms with Crippen LogP contribution < -0.4 is 10.5 Å². The van der Waals surface area contributed by atoms with Gasteiger partial charge in [0.1, 0.15) is 11.9 Å². The molecule has 0 saturated carbocycles. The van der Waals surface area contributed by atoms with E-state index in [4.69, 9.17) is 15.2 Å². The standard InChI is InChI=1S/C22H27NO2/c1-14-12-17(25-16-8-10-24-11-9-16)13-15(2)22(14)20-5-3-4-19-18(20)6-7-21(19)23/h3-5,12-13,16,21H,6-11,23H2,1-2H3/t21-/m1/s1. The molecule has 3 heteroatoms. The predicted molar refractivity (Wildman–Crippen MR) is 101 cm³/mol. The SMILES string of the molecule is Cc1cc(OC2CCOCC2)cc(C)c1-c1cccc2c1CC[C@H]2N. The van der Waals surface area contributed by atoms with Gasteiger partial charge in [-0.05, 0) is 72.2 Å². The molecule has 1 saturated heterocycles. The van der Waals surface area contributed by atoms with Gasteiger partial charge < -0.3 is 15.2 Å². The summed E-state index contributed by atoms with van der Waals surface area (Å²) < 4.78 is 11.6. The smallest absolute Gasteiger partial charge is 0.120 e. The molecule has 3 nitrogen and oxygen atoms in total. The van der Waals surface area contributed by atoms with Gasteiger partial charge in [0.15, 0.2) is 0 Å². The van der Waals surface area contributed by atoms with E-state index in [1.807, 2.05) is 0 Å². The first kappa shape index (κ1) is 16.6. The van der Waals surface area contributed by atoms with Crippen LogP contribution in [-0.4, -0.2) is 19.3 Å². The molecule has 0 unspecified atom stereocenters. The van der Waals surface area contributed by atoms with Crippen LogP contribution in [0.25, 0.3) is 11.1 Å². The minimum absolute atomic E-state index is 0.187. The Bertz CT molecular complexity index is 755. The molecular weight excluding hydrogens is 310 g/mol. The highest BCUT2D eigenvalue weighted by atomic mass is 16.5. The summed E-state index contributed by atoms with van der Waals surface area (Å²) in [6, 6.07) is 11.1. The summed E-state index contributed by atoms with van der Waals surface area (Å²) in [6.07, 6.45) is 4.35. The van der Waals surface area contributed by atoms with Gasteiger partial charge in [-0.3, -0.25) is 0 Å². The third-order valence-electron chi connectivity index (χ3n) is 5.56. The second kappa shape index (κ2) is 6.81. The van der Waals surface area contributed by atoms with Gasteiger partial charge in [-0.15, -0.1) is 0 Å². The molecule has 1 fully saturated rings. The van der Waals surface area contributed by atoms with Crippen molar-refractivity contribution in [2.45, 2.75) is 51.7 Å². The summed E-state index contributed by atoms with van der Waals surface area (Å²) in [5.41, 5.74) is 14.2. The third kappa shape index (κ3) is 3.19. The highest BCUT2D eigenvalue weighted by molar-refractivity contribution is 5.76. The van der Waals surface area contributed by atoms with E-state index in [0.717, 1.165) is 44.6 Å². The molecule has 2 N–H and O–H groups in total. The Kier molecular flexibility index (Phi) is 4.53. The van der Waals surface area contributed by atoms with Crippen LogP contribution in [0.15, 0.2) is 30.3 Å². The fraction of sp³-hybridized carbons (Fsp3) is 0.455. The zero-order chi connectivity index (χ0) is 17.4. The number of hydrogen-bond donors (Lipinski definition) is 1. The van der Waals surface area contributed by atoms with Gasteiger partial charge in [0.2, 0.25) is 0 Å². The van der Waals surface area contributed by atoms with E-state index in [2.05, 4.69) is 44.2 Å². The Balaban J connectivity index is 1.68. The van der Waals surface area contributed by atoms with Gasteiger partial charge in [-0.1, -0.05) is 18.2 Å². The second-order valence-electron chi connectivity index (χ2n) is 7.38. The van der Waals surface area contributed by atoms with Crippen molar-refractivity contribution in [3.8, 4) is 16.9 Å². The summed E-state index contributed by atoms with van der Waals surface area (Å²) in [7, 11) is 0. The van der Waals surface area contributed by atoms with E-state index in [1.54, 1.807) is 0 Å². The molecule has 0 bridgehead atoms. The summed E-state index contributed by atoms with van der Waals surface area (Å²) in [6.45, 7) is 5.98. The molecule has 0 amide bonds. The topological polar surface area (TPSA) is 44.5 Å². The Labute approximate surface area is 150 Å². The number of hydrogen-bond acceptors (Lipinski definition) is 3. The molecule has 2 aromatic carbocycles. The Morgan fingerprint density at radius 1 is 1.04 bits per heavy atom. The van der Waals surface area contributed by atoms with Crippen molar-refractivity contribution in [3.05, 3.63) is 52.6 Å². The monoisotopic (exact) mass is 337 g/mol. The number of nitrogens with two attached hydrogens (primary N) is 1. The van der Waals surface area contributed by atoms with Gasteiger partial charge in [0, 0.05) is 18.9 Å². The van der Waals surface area contributed by atoms with Crippen LogP contribution in [-0.2, 0) is 11.2 Å². The van der Waals surface area contributed by atoms with Crippen molar-refractivity contribution in [3.63, 3.8) is 0 Å². The highest BCUT2D eigenvalue weighted by Gasteiger charge is 2.23. The van der Waals surface area contributed by atoms with E-state index in [9.17, 15) is 0 Å². The first-order valence-electron chi connectivity index (χ1n) is 9.37. The molecule has 25 heavy (non-hydrogen) atoms. The van der Waals surface area contributed by atoms with Crippen LogP contribution in [0, 0.1) is 13.8 Å². The molecule has 4 rings (SSSR count). The van der Waals surface area contributed by atoms with Crippen LogP contribution in [0.5, 0.6) is 5.75 Å². The van der Waals surface area contributed by atoms with Crippen LogP contribution in [0.1, 0.15) is 47.6 Å². The zero-order valence-electron chi connectivity index (χ0n) is 15.2. The van der Waals surface area contributed by atoms with Gasteiger partial charge in [-0.2, -0.15) is 0 Å². The van der Waals surface area contributed by atoms with Crippen LogP contribution in [0.3, 0.4) is 0 Å². The van der Waals surface area contributed by atoms with Crippen molar-refractivity contribution in [2.75, 3.05) is 13.2 Å². The summed E-state index contributed by atoms with van der Waals surface area (Å²) in [4.78, 5) is 0. The maximum Gasteiger partial charge on any atom is 0.120 e. The maximum atomic E-state index is 6.27. The Hall–Kier alpha value is -1.84. The fourth-order valence-electron chi connectivity index (χ4n) is 4.32. The minimum Gasteiger partial charge on any atom is -0.490 e. The summed E-state index contributed by atoms with van der Waals surface area (Å²) in [5.74, 6) is 0.981. The number of ether oxygens (including phenoxy) is 2. The minimum atomic E-state index is 0.187. The average molecular weight is 337 g/mol. The van der Waals surface area contributed by atoms with Gasteiger partial charge in [-0.25, -0.2) is 0 Å². The second-order valence-corrected chi connectivity index (χ2v) is 7.38. The normalized spacial score (nSPS) is 20.5. The quantitative estimate of drug-likeness (QED) is 0.898. The highest BCUT2D eigenvalue weighted by Crippen LogP contribution is 2.40. The first-order chi connectivity index (χ1) is 12.1. The molecule has 0 radical (unpaired) electrons. The molecule has 1 heterocycles. The lowest BCUT2D eigenvalue weighted by Gasteiger charge is -2.24. The van der Waals surface area contributed by atoms with Crippen molar-refractivity contribution >= 4 is 0 Å². The zero-order valence-corrected chi connectivity index (χ0v) is 15.2. The predicted octanol–water partition coefficient (Wildman–Crippen LogP) is 4.47. The molecule has 2 aliphatic rings. The van der Waals surface area contributed by atoms with Crippen LogP contribution >= 0.6 is 0 Å². The fourth-order valence-corrected chi connectivity index (χ4v) is 4.32. The molecule has 0 aromatic heterocycles.